The molecule has 2 heterocycles. The van der Waals surface area contributed by atoms with Crippen LogP contribution in [0.15, 0.2) is 146 Å². The molecule has 0 aromatic heterocycles. The highest BCUT2D eigenvalue weighted by Gasteiger charge is 2.44. The SMILES string of the molecule is Cc1ccccc1B(Cl)c1ccccc1[SiH]1c2ccccc2B2c3ccccc3N(c3ccccc3)c3cccc1c32. The third kappa shape index (κ3) is 3.86. The molecule has 0 fully saturated rings. The average Bonchev–Trinajstić information content (AvgIpc) is 3.05. The number of nitrogens with zero attached hydrogens (tertiary/aromatic N) is 1. The smallest absolute Gasteiger partial charge is 0.312 e. The summed E-state index contributed by atoms with van der Waals surface area (Å²) in [5, 5.41) is 4.40. The van der Waals surface area contributed by atoms with Crippen LogP contribution in [0.4, 0.5) is 17.1 Å². The van der Waals surface area contributed by atoms with Crippen molar-refractivity contribution in [3.63, 3.8) is 0 Å². The molecule has 1 atom stereocenters. The number of rotatable bonds is 4. The molecule has 5 heteroatoms. The molecule has 2 aliphatic heterocycles. The van der Waals surface area contributed by atoms with Gasteiger partial charge in [-0.3, -0.25) is 0 Å². The number of halogens is 1. The summed E-state index contributed by atoms with van der Waals surface area (Å²) in [5.74, 6) is 0. The zero-order valence-electron chi connectivity index (χ0n) is 23.4. The highest BCUT2D eigenvalue weighted by Crippen LogP contribution is 2.35. The third-order valence-electron chi connectivity index (χ3n) is 9.12. The summed E-state index contributed by atoms with van der Waals surface area (Å²) in [6.07, 6.45) is -0.208. The van der Waals surface area contributed by atoms with E-state index in [0.29, 0.717) is 0 Å². The van der Waals surface area contributed by atoms with E-state index in [9.17, 15) is 0 Å². The lowest BCUT2D eigenvalue weighted by Crippen LogP contribution is -2.78. The van der Waals surface area contributed by atoms with Crippen LogP contribution in [-0.4, -0.2) is 21.6 Å². The summed E-state index contributed by atoms with van der Waals surface area (Å²) in [4.78, 5) is 2.47. The Bertz CT molecular complexity index is 1960. The lowest BCUT2D eigenvalue weighted by Gasteiger charge is -2.42. The van der Waals surface area contributed by atoms with Crippen LogP contribution in [0.25, 0.3) is 0 Å². The molecular formula is C37H28B2ClNSi. The maximum absolute atomic E-state index is 7.40. The van der Waals surface area contributed by atoms with Gasteiger partial charge in [0.15, 0.2) is 0 Å². The van der Waals surface area contributed by atoms with Gasteiger partial charge in [-0.15, -0.1) is 0 Å². The lowest BCUT2D eigenvalue weighted by atomic mass is 9.35. The van der Waals surface area contributed by atoms with Gasteiger partial charge < -0.3 is 4.90 Å². The molecule has 0 N–H and O–H groups in total. The van der Waals surface area contributed by atoms with E-state index in [4.69, 9.17) is 11.5 Å². The third-order valence-corrected chi connectivity index (χ3v) is 13.0. The standard InChI is InChI=1S/C37H28B2ClNSi/c1-26-14-5-6-17-28(26)39(40)31-20-9-12-24-35(31)42-34-23-11-8-19-30(34)38-29-18-7-10-21-32(29)41(27-15-3-2-4-16-27)33-22-13-25-36(42)37(33)38/h2-25,42H,1H3. The van der Waals surface area contributed by atoms with Crippen molar-refractivity contribution in [2.75, 3.05) is 4.90 Å². The molecule has 2 aliphatic rings. The second kappa shape index (κ2) is 10.2. The predicted octanol–water partition coefficient (Wildman–Crippen LogP) is 3.20. The second-order valence-electron chi connectivity index (χ2n) is 11.4. The Morgan fingerprint density at radius 1 is 0.548 bits per heavy atom. The zero-order chi connectivity index (χ0) is 28.2. The minimum absolute atomic E-state index is 0.197. The van der Waals surface area contributed by atoms with Crippen molar-refractivity contribution in [1.82, 2.24) is 0 Å². The van der Waals surface area contributed by atoms with Gasteiger partial charge >= 0.3 is 6.13 Å². The first-order valence-electron chi connectivity index (χ1n) is 14.7. The molecule has 0 saturated heterocycles. The molecular weight excluding hydrogens is 544 g/mol. The van der Waals surface area contributed by atoms with Crippen molar-refractivity contribution >= 4 is 93.0 Å². The Labute approximate surface area is 255 Å². The van der Waals surface area contributed by atoms with E-state index in [1.54, 1.807) is 0 Å². The van der Waals surface area contributed by atoms with E-state index in [-0.39, 0.29) is 12.8 Å². The minimum Gasteiger partial charge on any atom is -0.312 e. The summed E-state index contributed by atoms with van der Waals surface area (Å²) in [6, 6.07) is 53.4. The number of para-hydroxylation sites is 2. The van der Waals surface area contributed by atoms with Crippen LogP contribution in [0, 0.1) is 6.92 Å². The van der Waals surface area contributed by atoms with E-state index in [1.165, 1.54) is 65.5 Å². The minimum atomic E-state index is -1.91. The van der Waals surface area contributed by atoms with Gasteiger partial charge in [0.05, 0.1) is 0 Å². The average molecular weight is 572 g/mol. The van der Waals surface area contributed by atoms with Gasteiger partial charge in [-0.25, -0.2) is 0 Å². The summed E-state index contributed by atoms with van der Waals surface area (Å²) in [7, 11) is -1.91. The summed E-state index contributed by atoms with van der Waals surface area (Å²) in [5.41, 5.74) is 11.6. The largest absolute Gasteiger partial charge is 0.315 e. The number of hydrogen-bond donors (Lipinski definition) is 0. The molecule has 0 bridgehead atoms. The van der Waals surface area contributed by atoms with Crippen LogP contribution in [-0.2, 0) is 0 Å². The normalized spacial score (nSPS) is 14.6. The van der Waals surface area contributed by atoms with Gasteiger partial charge in [0, 0.05) is 17.1 Å². The first-order chi connectivity index (χ1) is 20.7. The number of anilines is 3. The Hall–Kier alpha value is -4.24. The van der Waals surface area contributed by atoms with Crippen molar-refractivity contribution in [2.45, 2.75) is 6.92 Å². The van der Waals surface area contributed by atoms with E-state index < -0.39 is 8.80 Å². The van der Waals surface area contributed by atoms with E-state index in [1.807, 2.05) is 0 Å². The van der Waals surface area contributed by atoms with Crippen LogP contribution in [0.1, 0.15) is 5.56 Å². The quantitative estimate of drug-likeness (QED) is 0.294. The molecule has 0 radical (unpaired) electrons. The van der Waals surface area contributed by atoms with Crippen LogP contribution < -0.4 is 47.8 Å². The second-order valence-corrected chi connectivity index (χ2v) is 14.5. The fraction of sp³-hybridized carbons (Fsp3) is 0.0270. The molecule has 0 spiro atoms. The maximum Gasteiger partial charge on any atom is 0.315 e. The summed E-state index contributed by atoms with van der Waals surface area (Å²) >= 11 is 7.40. The molecule has 42 heavy (non-hydrogen) atoms. The summed E-state index contributed by atoms with van der Waals surface area (Å²) < 4.78 is 0. The van der Waals surface area contributed by atoms with Crippen molar-refractivity contribution < 1.29 is 0 Å². The number of benzene rings is 6. The topological polar surface area (TPSA) is 3.24 Å². The number of fused-ring (bicyclic) bond motifs is 4. The molecule has 6 aromatic rings. The lowest BCUT2D eigenvalue weighted by molar-refractivity contribution is 1.29. The van der Waals surface area contributed by atoms with Crippen LogP contribution >= 0.6 is 11.5 Å². The van der Waals surface area contributed by atoms with Gasteiger partial charge in [0.2, 0.25) is 6.71 Å². The van der Waals surface area contributed by atoms with Crippen molar-refractivity contribution in [3.8, 4) is 0 Å². The van der Waals surface area contributed by atoms with Crippen LogP contribution in [0.3, 0.4) is 0 Å². The van der Waals surface area contributed by atoms with Crippen molar-refractivity contribution in [3.05, 3.63) is 151 Å². The molecule has 0 aliphatic carbocycles. The first kappa shape index (κ1) is 25.5. The first-order valence-corrected chi connectivity index (χ1v) is 16.8. The molecule has 0 saturated carbocycles. The Kier molecular flexibility index (Phi) is 6.21. The highest BCUT2D eigenvalue weighted by molar-refractivity contribution is 7.24. The molecule has 198 valence electrons. The van der Waals surface area contributed by atoms with E-state index >= 15 is 0 Å². The van der Waals surface area contributed by atoms with E-state index in [2.05, 4.69) is 157 Å². The molecule has 1 nitrogen and oxygen atoms in total. The van der Waals surface area contributed by atoms with Gasteiger partial charge in [-0.2, -0.15) is 11.5 Å². The molecule has 0 amide bonds. The molecule has 6 aromatic carbocycles. The van der Waals surface area contributed by atoms with Crippen molar-refractivity contribution in [1.29, 1.82) is 0 Å². The Morgan fingerprint density at radius 3 is 1.95 bits per heavy atom. The van der Waals surface area contributed by atoms with Crippen molar-refractivity contribution in [2.24, 2.45) is 0 Å². The summed E-state index contributed by atoms with van der Waals surface area (Å²) in [6.45, 7) is 2.36. The highest BCUT2D eigenvalue weighted by atomic mass is 35.5. The molecule has 8 rings (SSSR count). The number of hydrogen-bond acceptors (Lipinski definition) is 1. The predicted molar refractivity (Wildman–Crippen MR) is 187 cm³/mol. The fourth-order valence-electron chi connectivity index (χ4n) is 7.31. The Balaban J connectivity index is 1.40. The van der Waals surface area contributed by atoms with E-state index in [0.717, 1.165) is 0 Å². The monoisotopic (exact) mass is 571 g/mol. The zero-order valence-corrected chi connectivity index (χ0v) is 25.3. The fourth-order valence-corrected chi connectivity index (χ4v) is 11.6. The van der Waals surface area contributed by atoms with Crippen LogP contribution in [0.5, 0.6) is 0 Å². The van der Waals surface area contributed by atoms with Crippen LogP contribution in [0.2, 0.25) is 0 Å². The maximum atomic E-state index is 7.40. The Morgan fingerprint density at radius 2 is 1.14 bits per heavy atom. The number of aryl methyl sites for hydroxylation is 1. The van der Waals surface area contributed by atoms with Gasteiger partial charge in [-0.05, 0) is 42.1 Å². The van der Waals surface area contributed by atoms with Gasteiger partial charge in [-0.1, -0.05) is 159 Å². The van der Waals surface area contributed by atoms with Gasteiger partial charge in [0.25, 0.3) is 0 Å². The van der Waals surface area contributed by atoms with Gasteiger partial charge in [0.1, 0.15) is 8.80 Å². The molecule has 1 unspecified atom stereocenters.